The number of hydrogen-bond donors (Lipinski definition) is 1. The number of benzene rings is 2. The van der Waals surface area contributed by atoms with Crippen LogP contribution in [0, 0.1) is 0 Å². The summed E-state index contributed by atoms with van der Waals surface area (Å²) in [6.45, 7) is 1.67. The molecule has 0 saturated heterocycles. The Bertz CT molecular complexity index is 846. The predicted octanol–water partition coefficient (Wildman–Crippen LogP) is 3.81. The number of allylic oxidation sites excluding steroid dienone is 1. The van der Waals surface area contributed by atoms with Crippen LogP contribution in [-0.4, -0.2) is 31.3 Å². The third-order valence-electron chi connectivity index (χ3n) is 3.90. The fourth-order valence-electron chi connectivity index (χ4n) is 2.52. The summed E-state index contributed by atoms with van der Waals surface area (Å²) in [7, 11) is 2.78. The van der Waals surface area contributed by atoms with Crippen LogP contribution in [0.15, 0.2) is 65.7 Å². The first-order valence-corrected chi connectivity index (χ1v) is 7.92. The van der Waals surface area contributed by atoms with Crippen LogP contribution in [0.3, 0.4) is 0 Å². The molecule has 0 spiro atoms. The second kappa shape index (κ2) is 8.67. The Labute approximate surface area is 152 Å². The van der Waals surface area contributed by atoms with Crippen molar-refractivity contribution in [1.82, 2.24) is 0 Å². The van der Waals surface area contributed by atoms with E-state index in [0.29, 0.717) is 16.9 Å². The Kier molecular flexibility index (Phi) is 6.33. The minimum absolute atomic E-state index is 0.0217. The van der Waals surface area contributed by atoms with Crippen LogP contribution in [-0.2, 0) is 14.3 Å². The molecule has 0 heterocycles. The van der Waals surface area contributed by atoms with Gasteiger partial charge in [0.2, 0.25) is 0 Å². The molecule has 0 aliphatic rings. The lowest BCUT2D eigenvalue weighted by Crippen LogP contribution is -2.15. The van der Waals surface area contributed by atoms with E-state index >= 15 is 0 Å². The van der Waals surface area contributed by atoms with Gasteiger partial charge in [-0.05, 0) is 41.8 Å². The maximum Gasteiger partial charge on any atom is 0.338 e. The van der Waals surface area contributed by atoms with Crippen LogP contribution in [0.5, 0.6) is 5.75 Å². The molecule has 0 amide bonds. The molecule has 0 aliphatic heterocycles. The number of rotatable bonds is 6. The molecule has 0 unspecified atom stereocenters. The fraction of sp³-hybridized carbons (Fsp3) is 0.143. The molecule has 0 aliphatic carbocycles. The van der Waals surface area contributed by atoms with E-state index in [1.807, 2.05) is 18.2 Å². The third-order valence-corrected chi connectivity index (χ3v) is 3.90. The summed E-state index contributed by atoms with van der Waals surface area (Å²) in [4.78, 5) is 24.2. The van der Waals surface area contributed by atoms with Gasteiger partial charge >= 0.3 is 11.9 Å². The highest BCUT2D eigenvalue weighted by molar-refractivity contribution is 6.13. The van der Waals surface area contributed by atoms with Crippen LogP contribution < -0.4 is 4.74 Å². The van der Waals surface area contributed by atoms with Crippen molar-refractivity contribution < 1.29 is 24.2 Å². The van der Waals surface area contributed by atoms with Crippen LogP contribution in [0.4, 0.5) is 0 Å². The van der Waals surface area contributed by atoms with E-state index in [2.05, 4.69) is 0 Å². The quantitative estimate of drug-likeness (QED) is 0.486. The van der Waals surface area contributed by atoms with Gasteiger partial charge in [0.1, 0.15) is 5.75 Å². The zero-order valence-electron chi connectivity index (χ0n) is 14.9. The first-order chi connectivity index (χ1) is 12.5. The van der Waals surface area contributed by atoms with Crippen LogP contribution in [0.1, 0.15) is 18.1 Å². The predicted molar refractivity (Wildman–Crippen MR) is 99.7 cm³/mol. The SMILES string of the molecule is COC(=O)C(=C\c1ccc(OC)cc1)/C(C(=O)O)=C(/C)c1ccccc1. The van der Waals surface area contributed by atoms with Gasteiger partial charge < -0.3 is 14.6 Å². The molecule has 26 heavy (non-hydrogen) atoms. The maximum atomic E-state index is 12.3. The summed E-state index contributed by atoms with van der Waals surface area (Å²) in [5.74, 6) is -1.25. The summed E-state index contributed by atoms with van der Waals surface area (Å²) in [5.41, 5.74) is 1.73. The summed E-state index contributed by atoms with van der Waals surface area (Å²) in [5, 5.41) is 9.75. The van der Waals surface area contributed by atoms with Gasteiger partial charge in [-0.25, -0.2) is 9.59 Å². The van der Waals surface area contributed by atoms with Crippen molar-refractivity contribution in [2.24, 2.45) is 0 Å². The van der Waals surface area contributed by atoms with Crippen LogP contribution >= 0.6 is 0 Å². The number of aliphatic carboxylic acids is 1. The number of carboxylic acids is 1. The van der Waals surface area contributed by atoms with E-state index in [9.17, 15) is 14.7 Å². The lowest BCUT2D eigenvalue weighted by molar-refractivity contribution is -0.138. The Morgan fingerprint density at radius 1 is 0.962 bits per heavy atom. The monoisotopic (exact) mass is 352 g/mol. The van der Waals surface area contributed by atoms with E-state index in [1.54, 1.807) is 50.4 Å². The van der Waals surface area contributed by atoms with Gasteiger partial charge in [0, 0.05) is 0 Å². The van der Waals surface area contributed by atoms with Gasteiger partial charge in [0.05, 0.1) is 25.4 Å². The highest BCUT2D eigenvalue weighted by Crippen LogP contribution is 2.27. The molecule has 2 aromatic carbocycles. The van der Waals surface area contributed by atoms with Crippen LogP contribution in [0.25, 0.3) is 11.6 Å². The number of ether oxygens (including phenoxy) is 2. The molecular weight excluding hydrogens is 332 g/mol. The molecule has 2 rings (SSSR count). The van der Waals surface area contributed by atoms with E-state index in [1.165, 1.54) is 13.2 Å². The molecule has 5 nitrogen and oxygen atoms in total. The molecule has 0 aromatic heterocycles. The molecule has 0 bridgehead atoms. The summed E-state index contributed by atoms with van der Waals surface area (Å²) < 4.78 is 9.93. The molecule has 0 saturated carbocycles. The molecule has 0 radical (unpaired) electrons. The molecular formula is C21H20O5. The van der Waals surface area contributed by atoms with Gasteiger partial charge in [0.25, 0.3) is 0 Å². The molecule has 5 heteroatoms. The number of hydrogen-bond acceptors (Lipinski definition) is 4. The highest BCUT2D eigenvalue weighted by Gasteiger charge is 2.24. The number of carbonyl (C=O) groups excluding carboxylic acids is 1. The van der Waals surface area contributed by atoms with E-state index in [4.69, 9.17) is 9.47 Å². The van der Waals surface area contributed by atoms with Gasteiger partial charge in [-0.15, -0.1) is 0 Å². The zero-order valence-corrected chi connectivity index (χ0v) is 14.9. The van der Waals surface area contributed by atoms with Gasteiger partial charge in [-0.1, -0.05) is 42.5 Å². The van der Waals surface area contributed by atoms with Crippen molar-refractivity contribution in [1.29, 1.82) is 0 Å². The molecule has 1 N–H and O–H groups in total. The van der Waals surface area contributed by atoms with Gasteiger partial charge in [-0.2, -0.15) is 0 Å². The smallest absolute Gasteiger partial charge is 0.338 e. The van der Waals surface area contributed by atoms with Crippen molar-refractivity contribution in [2.75, 3.05) is 14.2 Å². The average Bonchev–Trinajstić information content (AvgIpc) is 2.67. The first-order valence-electron chi connectivity index (χ1n) is 7.92. The number of esters is 1. The lowest BCUT2D eigenvalue weighted by Gasteiger charge is -2.12. The Morgan fingerprint density at radius 3 is 2.08 bits per heavy atom. The first kappa shape index (κ1) is 19.0. The zero-order chi connectivity index (χ0) is 19.1. The standard InChI is InChI=1S/C21H20O5/c1-14(16-7-5-4-6-8-16)19(20(22)23)18(21(24)26-3)13-15-9-11-17(25-2)12-10-15/h4-13H,1-3H3,(H,22,23)/b18-13-,19-14+. The Hall–Kier alpha value is -3.34. The van der Waals surface area contributed by atoms with Gasteiger partial charge in [0.15, 0.2) is 0 Å². The maximum absolute atomic E-state index is 12.3. The number of methoxy groups -OCH3 is 2. The second-order valence-electron chi connectivity index (χ2n) is 5.49. The Balaban J connectivity index is 2.63. The molecule has 0 atom stereocenters. The summed E-state index contributed by atoms with van der Waals surface area (Å²) in [6.07, 6.45) is 1.50. The van der Waals surface area contributed by atoms with Crippen molar-refractivity contribution >= 4 is 23.6 Å². The average molecular weight is 352 g/mol. The third kappa shape index (κ3) is 4.39. The molecule has 0 fully saturated rings. The fourth-order valence-corrected chi connectivity index (χ4v) is 2.52. The van der Waals surface area contributed by atoms with E-state index < -0.39 is 11.9 Å². The van der Waals surface area contributed by atoms with Crippen molar-refractivity contribution in [2.45, 2.75) is 6.92 Å². The summed E-state index contributed by atoms with van der Waals surface area (Å²) >= 11 is 0. The van der Waals surface area contributed by atoms with E-state index in [-0.39, 0.29) is 11.1 Å². The van der Waals surface area contributed by atoms with Gasteiger partial charge in [-0.3, -0.25) is 0 Å². The second-order valence-corrected chi connectivity index (χ2v) is 5.49. The number of carbonyl (C=O) groups is 2. The normalized spacial score (nSPS) is 12.2. The molecule has 134 valence electrons. The minimum atomic E-state index is -1.20. The Morgan fingerprint density at radius 2 is 1.58 bits per heavy atom. The molecule has 2 aromatic rings. The van der Waals surface area contributed by atoms with E-state index in [0.717, 1.165) is 5.56 Å². The minimum Gasteiger partial charge on any atom is -0.497 e. The highest BCUT2D eigenvalue weighted by atomic mass is 16.5. The topological polar surface area (TPSA) is 72.8 Å². The van der Waals surface area contributed by atoms with Crippen molar-refractivity contribution in [3.63, 3.8) is 0 Å². The number of carboxylic acid groups (broad SMARTS) is 1. The van der Waals surface area contributed by atoms with Crippen LogP contribution in [0.2, 0.25) is 0 Å². The lowest BCUT2D eigenvalue weighted by atomic mass is 9.94. The summed E-state index contributed by atoms with van der Waals surface area (Å²) in [6, 6.07) is 16.0. The largest absolute Gasteiger partial charge is 0.497 e. The van der Waals surface area contributed by atoms with Crippen molar-refractivity contribution in [3.8, 4) is 5.75 Å². The van der Waals surface area contributed by atoms with Crippen molar-refractivity contribution in [3.05, 3.63) is 76.9 Å².